The second kappa shape index (κ2) is 6.60. The van der Waals surface area contributed by atoms with Crippen LogP contribution in [0.1, 0.15) is 49.2 Å². The number of aryl methyl sites for hydroxylation is 2. The highest BCUT2D eigenvalue weighted by molar-refractivity contribution is 6.30. The van der Waals surface area contributed by atoms with Gasteiger partial charge in [-0.25, -0.2) is 9.97 Å². The highest BCUT2D eigenvalue weighted by Gasteiger charge is 2.16. The SMILES string of the molecule is CCc1c(Cl)nc(C)nc1NCc1nnc2n1CCCCC2. The Morgan fingerprint density at radius 1 is 1.18 bits per heavy atom. The van der Waals surface area contributed by atoms with Crippen molar-refractivity contribution in [3.63, 3.8) is 0 Å². The maximum atomic E-state index is 6.21. The summed E-state index contributed by atoms with van der Waals surface area (Å²) in [5.74, 6) is 3.53. The molecule has 22 heavy (non-hydrogen) atoms. The standard InChI is InChI=1S/C15H21ClN6/c1-3-11-14(16)18-10(2)19-15(11)17-9-13-21-20-12-7-5-4-6-8-22(12)13/h3-9H2,1-2H3,(H,17,18,19). The monoisotopic (exact) mass is 320 g/mol. The summed E-state index contributed by atoms with van der Waals surface area (Å²) in [6, 6.07) is 0. The molecular formula is C15H21ClN6. The average Bonchev–Trinajstić information content (AvgIpc) is 2.72. The minimum Gasteiger partial charge on any atom is -0.362 e. The van der Waals surface area contributed by atoms with E-state index in [9.17, 15) is 0 Å². The highest BCUT2D eigenvalue weighted by atomic mass is 35.5. The molecule has 0 radical (unpaired) electrons. The zero-order chi connectivity index (χ0) is 15.5. The molecule has 0 aromatic carbocycles. The van der Waals surface area contributed by atoms with Gasteiger partial charge in [-0.15, -0.1) is 10.2 Å². The van der Waals surface area contributed by atoms with Crippen molar-refractivity contribution in [2.24, 2.45) is 0 Å². The van der Waals surface area contributed by atoms with Crippen molar-refractivity contribution in [3.8, 4) is 0 Å². The summed E-state index contributed by atoms with van der Waals surface area (Å²) in [5, 5.41) is 12.5. The van der Waals surface area contributed by atoms with Gasteiger partial charge in [-0.2, -0.15) is 0 Å². The summed E-state index contributed by atoms with van der Waals surface area (Å²) in [4.78, 5) is 8.68. The summed E-state index contributed by atoms with van der Waals surface area (Å²) in [7, 11) is 0. The van der Waals surface area contributed by atoms with Crippen LogP contribution in [-0.4, -0.2) is 24.7 Å². The van der Waals surface area contributed by atoms with Crippen molar-refractivity contribution >= 4 is 17.4 Å². The zero-order valence-electron chi connectivity index (χ0n) is 13.1. The molecule has 0 spiro atoms. The first-order valence-corrected chi connectivity index (χ1v) is 8.24. The van der Waals surface area contributed by atoms with Gasteiger partial charge in [0.25, 0.3) is 0 Å². The first-order chi connectivity index (χ1) is 10.7. The Bertz CT molecular complexity index is 666. The topological polar surface area (TPSA) is 68.5 Å². The third-order valence-corrected chi connectivity index (χ3v) is 4.33. The molecular weight excluding hydrogens is 300 g/mol. The lowest BCUT2D eigenvalue weighted by Gasteiger charge is -2.12. The Labute approximate surface area is 135 Å². The lowest BCUT2D eigenvalue weighted by Crippen LogP contribution is -2.13. The van der Waals surface area contributed by atoms with E-state index < -0.39 is 0 Å². The number of aromatic nitrogens is 5. The van der Waals surface area contributed by atoms with Crippen LogP contribution < -0.4 is 5.32 Å². The van der Waals surface area contributed by atoms with Gasteiger partial charge in [0.2, 0.25) is 0 Å². The van der Waals surface area contributed by atoms with Crippen LogP contribution in [0.2, 0.25) is 5.15 Å². The van der Waals surface area contributed by atoms with E-state index in [4.69, 9.17) is 11.6 Å². The maximum Gasteiger partial charge on any atom is 0.152 e. The van der Waals surface area contributed by atoms with E-state index in [1.807, 2.05) is 13.8 Å². The first kappa shape index (κ1) is 15.2. The van der Waals surface area contributed by atoms with Crippen LogP contribution in [0.25, 0.3) is 0 Å². The fraction of sp³-hybridized carbons (Fsp3) is 0.600. The molecule has 7 heteroatoms. The molecule has 0 saturated heterocycles. The Hall–Kier alpha value is -1.69. The Morgan fingerprint density at radius 3 is 2.86 bits per heavy atom. The van der Waals surface area contributed by atoms with Crippen molar-refractivity contribution in [2.45, 2.75) is 59.0 Å². The minimum atomic E-state index is 0.526. The quantitative estimate of drug-likeness (QED) is 0.877. The number of nitrogens with one attached hydrogen (secondary N) is 1. The Kier molecular flexibility index (Phi) is 4.57. The zero-order valence-corrected chi connectivity index (χ0v) is 13.8. The van der Waals surface area contributed by atoms with Gasteiger partial charge in [0, 0.05) is 18.5 Å². The fourth-order valence-electron chi connectivity index (χ4n) is 2.86. The third-order valence-electron chi connectivity index (χ3n) is 4.02. The summed E-state index contributed by atoms with van der Waals surface area (Å²) >= 11 is 6.21. The van der Waals surface area contributed by atoms with Crippen LogP contribution in [0, 0.1) is 6.92 Å². The molecule has 1 aliphatic heterocycles. The summed E-state index contributed by atoms with van der Waals surface area (Å²) in [5.41, 5.74) is 0.947. The summed E-state index contributed by atoms with van der Waals surface area (Å²) < 4.78 is 2.24. The van der Waals surface area contributed by atoms with Crippen LogP contribution in [-0.2, 0) is 25.9 Å². The molecule has 118 valence electrons. The summed E-state index contributed by atoms with van der Waals surface area (Å²) in [6.45, 7) is 5.50. The molecule has 2 aromatic heterocycles. The van der Waals surface area contributed by atoms with Gasteiger partial charge in [-0.05, 0) is 26.2 Å². The number of halogens is 1. The predicted octanol–water partition coefficient (Wildman–Crippen LogP) is 2.93. The second-order valence-electron chi connectivity index (χ2n) is 5.59. The lowest BCUT2D eigenvalue weighted by atomic mass is 10.2. The first-order valence-electron chi connectivity index (χ1n) is 7.87. The molecule has 0 aliphatic carbocycles. The number of anilines is 1. The largest absolute Gasteiger partial charge is 0.362 e. The van der Waals surface area contributed by atoms with Gasteiger partial charge in [-0.3, -0.25) is 0 Å². The normalized spacial score (nSPS) is 14.5. The number of fused-ring (bicyclic) bond motifs is 1. The summed E-state index contributed by atoms with van der Waals surface area (Å²) in [6.07, 6.45) is 5.46. The fourth-order valence-corrected chi connectivity index (χ4v) is 3.21. The van der Waals surface area contributed by atoms with Crippen LogP contribution in [0.5, 0.6) is 0 Å². The molecule has 0 unspecified atom stereocenters. The van der Waals surface area contributed by atoms with Crippen LogP contribution >= 0.6 is 11.6 Å². The second-order valence-corrected chi connectivity index (χ2v) is 5.95. The van der Waals surface area contributed by atoms with Crippen LogP contribution in [0.4, 0.5) is 5.82 Å². The van der Waals surface area contributed by atoms with Gasteiger partial charge >= 0.3 is 0 Å². The van der Waals surface area contributed by atoms with Gasteiger partial charge in [0.1, 0.15) is 22.6 Å². The molecule has 1 N–H and O–H groups in total. The van der Waals surface area contributed by atoms with Gasteiger partial charge in [-0.1, -0.05) is 24.9 Å². The van der Waals surface area contributed by atoms with E-state index in [0.29, 0.717) is 17.5 Å². The number of nitrogens with zero attached hydrogens (tertiary/aromatic N) is 5. The van der Waals surface area contributed by atoms with E-state index in [1.54, 1.807) is 0 Å². The van der Waals surface area contributed by atoms with E-state index >= 15 is 0 Å². The highest BCUT2D eigenvalue weighted by Crippen LogP contribution is 2.22. The van der Waals surface area contributed by atoms with Crippen LogP contribution in [0.15, 0.2) is 0 Å². The van der Waals surface area contributed by atoms with Gasteiger partial charge in [0.15, 0.2) is 5.82 Å². The molecule has 1 aliphatic rings. The van der Waals surface area contributed by atoms with Gasteiger partial charge in [0.05, 0.1) is 6.54 Å². The molecule has 0 bridgehead atoms. The van der Waals surface area contributed by atoms with Gasteiger partial charge < -0.3 is 9.88 Å². The molecule has 0 saturated carbocycles. The molecule has 3 heterocycles. The number of hydrogen-bond donors (Lipinski definition) is 1. The smallest absolute Gasteiger partial charge is 0.152 e. The van der Waals surface area contributed by atoms with Crippen molar-refractivity contribution in [1.29, 1.82) is 0 Å². The lowest BCUT2D eigenvalue weighted by molar-refractivity contribution is 0.609. The maximum absolute atomic E-state index is 6.21. The molecule has 6 nitrogen and oxygen atoms in total. The molecule has 0 atom stereocenters. The van der Waals surface area contributed by atoms with E-state index in [-0.39, 0.29) is 0 Å². The van der Waals surface area contributed by atoms with E-state index in [1.165, 1.54) is 19.3 Å². The Morgan fingerprint density at radius 2 is 2.05 bits per heavy atom. The molecule has 0 fully saturated rings. The van der Waals surface area contributed by atoms with Crippen LogP contribution in [0.3, 0.4) is 0 Å². The molecule has 3 rings (SSSR count). The van der Waals surface area contributed by atoms with Crippen molar-refractivity contribution < 1.29 is 0 Å². The molecule has 2 aromatic rings. The number of hydrogen-bond acceptors (Lipinski definition) is 5. The van der Waals surface area contributed by atoms with E-state index in [2.05, 4.69) is 30.0 Å². The third kappa shape index (κ3) is 3.06. The van der Waals surface area contributed by atoms with Crippen molar-refractivity contribution in [1.82, 2.24) is 24.7 Å². The molecule has 0 amide bonds. The Balaban J connectivity index is 1.80. The average molecular weight is 321 g/mol. The van der Waals surface area contributed by atoms with Crippen molar-refractivity contribution in [2.75, 3.05) is 5.32 Å². The predicted molar refractivity (Wildman–Crippen MR) is 86.1 cm³/mol. The van der Waals surface area contributed by atoms with E-state index in [0.717, 1.165) is 42.4 Å². The minimum absolute atomic E-state index is 0.526. The number of rotatable bonds is 4. The van der Waals surface area contributed by atoms with Crippen molar-refractivity contribution in [3.05, 3.63) is 28.2 Å².